The van der Waals surface area contributed by atoms with E-state index in [0.717, 1.165) is 24.7 Å². The summed E-state index contributed by atoms with van der Waals surface area (Å²) in [7, 11) is 0. The molecule has 3 rings (SSSR count). The average Bonchev–Trinajstić information content (AvgIpc) is 2.63. The number of hydrogen-bond donors (Lipinski definition) is 2. The first-order valence-corrected chi connectivity index (χ1v) is 10.4. The summed E-state index contributed by atoms with van der Waals surface area (Å²) in [5.74, 6) is 2.12. The Kier molecular flexibility index (Phi) is 11.5. The molecule has 1 aromatic rings. The number of nitrogens with one attached hydrogen (secondary N) is 2. The van der Waals surface area contributed by atoms with E-state index in [1.165, 1.54) is 69.3 Å². The van der Waals surface area contributed by atoms with Crippen LogP contribution in [0.5, 0.6) is 0 Å². The van der Waals surface area contributed by atoms with Crippen LogP contribution in [0.3, 0.4) is 0 Å². The van der Waals surface area contributed by atoms with Crippen LogP contribution in [0, 0.1) is 5.92 Å². The van der Waals surface area contributed by atoms with Gasteiger partial charge in [0, 0.05) is 12.2 Å². The summed E-state index contributed by atoms with van der Waals surface area (Å²) in [6, 6.07) is 4.50. The molecule has 0 aromatic carbocycles. The fourth-order valence-corrected chi connectivity index (χ4v) is 3.15. The standard InChI is InChI=1S/C17H27N3.2C2H6/c1(3-6-14-12-18-13-14)2-4-8-16-10-9-15-7-5-11-19-17(15)20-16;2*1-2/h9-10,14,18H,1-8,11-13H2,(H,19,20);2*1-2H3. The summed E-state index contributed by atoms with van der Waals surface area (Å²) in [6.07, 6.45) is 10.4. The molecule has 138 valence electrons. The van der Waals surface area contributed by atoms with Gasteiger partial charge in [0.15, 0.2) is 0 Å². The Morgan fingerprint density at radius 2 is 1.75 bits per heavy atom. The van der Waals surface area contributed by atoms with Crippen LogP contribution in [0.15, 0.2) is 12.1 Å². The first-order chi connectivity index (χ1) is 11.9. The van der Waals surface area contributed by atoms with Crippen LogP contribution in [-0.4, -0.2) is 24.6 Å². The molecule has 3 nitrogen and oxygen atoms in total. The molecular weight excluding hydrogens is 294 g/mol. The number of aromatic nitrogens is 1. The Morgan fingerprint density at radius 3 is 2.46 bits per heavy atom. The smallest absolute Gasteiger partial charge is 0.129 e. The minimum atomic E-state index is 0.975. The maximum absolute atomic E-state index is 4.76. The maximum atomic E-state index is 4.76. The first kappa shape index (κ1) is 21.0. The van der Waals surface area contributed by atoms with Gasteiger partial charge in [0.25, 0.3) is 0 Å². The van der Waals surface area contributed by atoms with Crippen molar-refractivity contribution in [3.8, 4) is 0 Å². The molecule has 0 aliphatic carbocycles. The van der Waals surface area contributed by atoms with E-state index in [1.54, 1.807) is 0 Å². The minimum absolute atomic E-state index is 0.975. The van der Waals surface area contributed by atoms with E-state index in [0.29, 0.717) is 0 Å². The van der Waals surface area contributed by atoms with E-state index in [-0.39, 0.29) is 0 Å². The van der Waals surface area contributed by atoms with Gasteiger partial charge in [-0.15, -0.1) is 0 Å². The monoisotopic (exact) mass is 333 g/mol. The highest BCUT2D eigenvalue weighted by atomic mass is 15.0. The molecule has 1 aromatic heterocycles. The zero-order valence-corrected chi connectivity index (χ0v) is 16.5. The highest BCUT2D eigenvalue weighted by Gasteiger charge is 2.15. The second-order valence-corrected chi connectivity index (χ2v) is 6.32. The van der Waals surface area contributed by atoms with Crippen molar-refractivity contribution in [2.24, 2.45) is 5.92 Å². The van der Waals surface area contributed by atoms with Crippen LogP contribution in [0.4, 0.5) is 5.82 Å². The van der Waals surface area contributed by atoms with Crippen LogP contribution in [0.25, 0.3) is 0 Å². The third-order valence-electron chi connectivity index (χ3n) is 4.61. The number of unbranched alkanes of at least 4 members (excludes halogenated alkanes) is 3. The second kappa shape index (κ2) is 13.2. The molecular formula is C21H39N3. The Morgan fingerprint density at radius 1 is 1.00 bits per heavy atom. The minimum Gasteiger partial charge on any atom is -0.370 e. The second-order valence-electron chi connectivity index (χ2n) is 6.32. The van der Waals surface area contributed by atoms with Crippen molar-refractivity contribution in [3.63, 3.8) is 0 Å². The van der Waals surface area contributed by atoms with E-state index in [9.17, 15) is 0 Å². The molecule has 0 bridgehead atoms. The Balaban J connectivity index is 0.000000671. The molecule has 0 radical (unpaired) electrons. The van der Waals surface area contributed by atoms with Gasteiger partial charge in [0.2, 0.25) is 0 Å². The van der Waals surface area contributed by atoms with Crippen LogP contribution < -0.4 is 10.6 Å². The van der Waals surface area contributed by atoms with Gasteiger partial charge in [-0.25, -0.2) is 4.98 Å². The summed E-state index contributed by atoms with van der Waals surface area (Å²) < 4.78 is 0. The first-order valence-electron chi connectivity index (χ1n) is 10.4. The molecule has 2 N–H and O–H groups in total. The van der Waals surface area contributed by atoms with Crippen LogP contribution in [0.1, 0.15) is 77.5 Å². The third-order valence-corrected chi connectivity index (χ3v) is 4.61. The van der Waals surface area contributed by atoms with E-state index < -0.39 is 0 Å². The van der Waals surface area contributed by atoms with Crippen LogP contribution in [-0.2, 0) is 12.8 Å². The van der Waals surface area contributed by atoms with Crippen LogP contribution >= 0.6 is 0 Å². The molecule has 3 heteroatoms. The summed E-state index contributed by atoms with van der Waals surface area (Å²) in [6.45, 7) is 11.6. The highest BCUT2D eigenvalue weighted by molar-refractivity contribution is 5.46. The third kappa shape index (κ3) is 7.21. The zero-order chi connectivity index (χ0) is 17.6. The molecule has 3 heterocycles. The Hall–Kier alpha value is -1.09. The quantitative estimate of drug-likeness (QED) is 0.673. The predicted molar refractivity (Wildman–Crippen MR) is 107 cm³/mol. The number of anilines is 1. The number of fused-ring (bicyclic) bond motifs is 1. The van der Waals surface area contributed by atoms with Crippen molar-refractivity contribution < 1.29 is 0 Å². The van der Waals surface area contributed by atoms with Crippen molar-refractivity contribution in [1.29, 1.82) is 0 Å². The number of pyridine rings is 1. The Bertz CT molecular complexity index is 427. The van der Waals surface area contributed by atoms with E-state index in [4.69, 9.17) is 4.98 Å². The predicted octanol–water partition coefficient (Wildman–Crippen LogP) is 5.20. The fraction of sp³-hybridized carbons (Fsp3) is 0.762. The van der Waals surface area contributed by atoms with Crippen molar-refractivity contribution in [1.82, 2.24) is 10.3 Å². The SMILES string of the molecule is CC.CC.c1cc2c(nc1CCCCCCC1CNC1)NCCC2. The van der Waals surface area contributed by atoms with Crippen molar-refractivity contribution >= 4 is 5.82 Å². The topological polar surface area (TPSA) is 37.0 Å². The molecule has 0 saturated carbocycles. The summed E-state index contributed by atoms with van der Waals surface area (Å²) in [5.41, 5.74) is 2.66. The van der Waals surface area contributed by atoms with Crippen molar-refractivity contribution in [2.45, 2.75) is 79.1 Å². The molecule has 24 heavy (non-hydrogen) atoms. The lowest BCUT2D eigenvalue weighted by Crippen LogP contribution is -2.41. The molecule has 2 aliphatic heterocycles. The highest BCUT2D eigenvalue weighted by Crippen LogP contribution is 2.20. The molecule has 0 amide bonds. The molecule has 1 saturated heterocycles. The molecule has 1 fully saturated rings. The average molecular weight is 334 g/mol. The number of hydrogen-bond acceptors (Lipinski definition) is 3. The van der Waals surface area contributed by atoms with Gasteiger partial charge in [0.1, 0.15) is 5.82 Å². The van der Waals surface area contributed by atoms with Gasteiger partial charge >= 0.3 is 0 Å². The summed E-state index contributed by atoms with van der Waals surface area (Å²) >= 11 is 0. The lowest BCUT2D eigenvalue weighted by atomic mass is 9.95. The molecule has 2 aliphatic rings. The fourth-order valence-electron chi connectivity index (χ4n) is 3.15. The summed E-state index contributed by atoms with van der Waals surface area (Å²) in [5, 5.41) is 6.77. The van der Waals surface area contributed by atoms with E-state index in [2.05, 4.69) is 22.8 Å². The van der Waals surface area contributed by atoms with Gasteiger partial charge in [-0.05, 0) is 62.7 Å². The van der Waals surface area contributed by atoms with Gasteiger partial charge in [-0.1, -0.05) is 53.0 Å². The largest absolute Gasteiger partial charge is 0.370 e. The number of aryl methyl sites for hydroxylation is 2. The number of rotatable bonds is 7. The lowest BCUT2D eigenvalue weighted by molar-refractivity contribution is 0.316. The molecule has 0 atom stereocenters. The van der Waals surface area contributed by atoms with Gasteiger partial charge in [-0.2, -0.15) is 0 Å². The van der Waals surface area contributed by atoms with Gasteiger partial charge in [-0.3, -0.25) is 0 Å². The lowest BCUT2D eigenvalue weighted by Gasteiger charge is -2.26. The van der Waals surface area contributed by atoms with Crippen molar-refractivity contribution in [3.05, 3.63) is 23.4 Å². The maximum Gasteiger partial charge on any atom is 0.129 e. The number of nitrogens with zero attached hydrogens (tertiary/aromatic N) is 1. The van der Waals surface area contributed by atoms with Crippen molar-refractivity contribution in [2.75, 3.05) is 25.0 Å². The normalized spacial score (nSPS) is 15.7. The van der Waals surface area contributed by atoms with E-state index in [1.807, 2.05) is 27.7 Å². The molecule has 0 spiro atoms. The van der Waals surface area contributed by atoms with Crippen LogP contribution in [0.2, 0.25) is 0 Å². The van der Waals surface area contributed by atoms with E-state index >= 15 is 0 Å². The molecule has 0 unspecified atom stereocenters. The van der Waals surface area contributed by atoms with Gasteiger partial charge in [0.05, 0.1) is 0 Å². The Labute approximate surface area is 150 Å². The summed E-state index contributed by atoms with van der Waals surface area (Å²) in [4.78, 5) is 4.76. The van der Waals surface area contributed by atoms with Gasteiger partial charge < -0.3 is 10.6 Å². The zero-order valence-electron chi connectivity index (χ0n) is 16.5.